The zero-order valence-electron chi connectivity index (χ0n) is 15.8. The van der Waals surface area contributed by atoms with Crippen LogP contribution < -0.4 is 10.1 Å². The van der Waals surface area contributed by atoms with E-state index in [0.717, 1.165) is 17.2 Å². The summed E-state index contributed by atoms with van der Waals surface area (Å²) in [7, 11) is 1.42. The fourth-order valence-corrected chi connectivity index (χ4v) is 3.14. The van der Waals surface area contributed by atoms with E-state index in [1.165, 1.54) is 13.2 Å². The highest BCUT2D eigenvalue weighted by Crippen LogP contribution is 2.23. The number of amides is 1. The summed E-state index contributed by atoms with van der Waals surface area (Å²) in [5.74, 6) is 0.270. The Bertz CT molecular complexity index is 967. The molecule has 27 heavy (non-hydrogen) atoms. The number of hydrogen-bond acceptors (Lipinski definition) is 3. The van der Waals surface area contributed by atoms with Crippen LogP contribution in [0.3, 0.4) is 0 Å². The van der Waals surface area contributed by atoms with Crippen LogP contribution in [0.1, 0.15) is 40.3 Å². The predicted octanol–water partition coefficient (Wildman–Crippen LogP) is 4.13. The second kappa shape index (κ2) is 7.61. The third kappa shape index (κ3) is 3.69. The van der Waals surface area contributed by atoms with Gasteiger partial charge in [-0.15, -0.1) is 0 Å². The third-order valence-corrected chi connectivity index (χ3v) is 4.58. The second-order valence-corrected chi connectivity index (χ2v) is 6.40. The molecule has 2 heterocycles. The molecule has 1 atom stereocenters. The molecule has 0 bridgehead atoms. The molecule has 0 radical (unpaired) electrons. The summed E-state index contributed by atoms with van der Waals surface area (Å²) in [5.41, 5.74) is 2.95. The van der Waals surface area contributed by atoms with Gasteiger partial charge < -0.3 is 14.6 Å². The molecule has 1 N–H and O–H groups in total. The van der Waals surface area contributed by atoms with Crippen molar-refractivity contribution in [2.45, 2.75) is 26.8 Å². The molecule has 0 aliphatic heterocycles. The van der Waals surface area contributed by atoms with Crippen molar-refractivity contribution in [2.75, 3.05) is 7.11 Å². The van der Waals surface area contributed by atoms with Gasteiger partial charge in [-0.3, -0.25) is 4.79 Å². The maximum absolute atomic E-state index is 13.9. The van der Waals surface area contributed by atoms with Crippen LogP contribution in [0, 0.1) is 19.7 Å². The molecule has 0 saturated heterocycles. The number of carbonyl (C=O) groups is 1. The van der Waals surface area contributed by atoms with Gasteiger partial charge in [-0.05, 0) is 56.7 Å². The Morgan fingerprint density at radius 2 is 2.00 bits per heavy atom. The first-order valence-corrected chi connectivity index (χ1v) is 8.67. The molecule has 3 rings (SSSR count). The molecule has 2 aromatic heterocycles. The normalized spacial score (nSPS) is 11.9. The van der Waals surface area contributed by atoms with E-state index in [-0.39, 0.29) is 17.7 Å². The number of methoxy groups -OCH3 is 1. The van der Waals surface area contributed by atoms with Crippen molar-refractivity contribution >= 4 is 5.91 Å². The van der Waals surface area contributed by atoms with E-state index in [0.29, 0.717) is 11.1 Å². The molecule has 0 aliphatic rings. The van der Waals surface area contributed by atoms with E-state index in [9.17, 15) is 9.18 Å². The summed E-state index contributed by atoms with van der Waals surface area (Å²) in [4.78, 5) is 17.1. The fourth-order valence-electron chi connectivity index (χ4n) is 3.14. The number of halogens is 1. The fraction of sp³-hybridized carbons (Fsp3) is 0.238. The van der Waals surface area contributed by atoms with Crippen molar-refractivity contribution in [2.24, 2.45) is 0 Å². The number of ether oxygens (including phenoxy) is 1. The first-order chi connectivity index (χ1) is 12.9. The number of aryl methyl sites for hydroxylation is 1. The minimum atomic E-state index is -0.454. The smallest absolute Gasteiger partial charge is 0.253 e. The van der Waals surface area contributed by atoms with Crippen LogP contribution in [-0.2, 0) is 0 Å². The molecule has 0 fully saturated rings. The van der Waals surface area contributed by atoms with E-state index in [2.05, 4.69) is 10.3 Å². The summed E-state index contributed by atoms with van der Waals surface area (Å²) in [6, 6.07) is 11.8. The lowest BCUT2D eigenvalue weighted by Gasteiger charge is -2.15. The number of nitrogens with one attached hydrogen (secondary N) is 1. The molecule has 0 aliphatic carbocycles. The van der Waals surface area contributed by atoms with Crippen molar-refractivity contribution in [3.8, 4) is 11.6 Å². The van der Waals surface area contributed by atoms with Crippen LogP contribution >= 0.6 is 0 Å². The monoisotopic (exact) mass is 367 g/mol. The number of hydrogen-bond donors (Lipinski definition) is 1. The summed E-state index contributed by atoms with van der Waals surface area (Å²) >= 11 is 0. The number of benzene rings is 1. The second-order valence-electron chi connectivity index (χ2n) is 6.40. The topological polar surface area (TPSA) is 56.1 Å². The average Bonchev–Trinajstić information content (AvgIpc) is 2.96. The van der Waals surface area contributed by atoms with Crippen LogP contribution in [0.5, 0.6) is 5.75 Å². The van der Waals surface area contributed by atoms with Gasteiger partial charge in [0.15, 0.2) is 11.6 Å². The number of rotatable bonds is 5. The van der Waals surface area contributed by atoms with Crippen molar-refractivity contribution in [1.29, 1.82) is 0 Å². The van der Waals surface area contributed by atoms with Gasteiger partial charge in [0.05, 0.1) is 18.7 Å². The molecule has 1 aromatic carbocycles. The van der Waals surface area contributed by atoms with Crippen LogP contribution in [0.2, 0.25) is 0 Å². The Labute approximate surface area is 157 Å². The Kier molecular flexibility index (Phi) is 5.26. The predicted molar refractivity (Wildman–Crippen MR) is 102 cm³/mol. The molecule has 6 heteroatoms. The van der Waals surface area contributed by atoms with Gasteiger partial charge in [0, 0.05) is 17.6 Å². The molecular formula is C21H22FN3O2. The van der Waals surface area contributed by atoms with Crippen LogP contribution in [0.15, 0.2) is 48.7 Å². The summed E-state index contributed by atoms with van der Waals surface area (Å²) in [6.07, 6.45) is 1.72. The SMILES string of the molecule is COc1ccc([C@H](C)NC(=O)c2cc(C)n(-c3ccccn3)c2C)cc1F. The molecule has 1 amide bonds. The van der Waals surface area contributed by atoms with E-state index >= 15 is 0 Å². The highest BCUT2D eigenvalue weighted by molar-refractivity contribution is 5.96. The summed E-state index contributed by atoms with van der Waals surface area (Å²) < 4.78 is 20.8. The van der Waals surface area contributed by atoms with Gasteiger partial charge in [0.2, 0.25) is 0 Å². The van der Waals surface area contributed by atoms with Gasteiger partial charge in [-0.1, -0.05) is 12.1 Å². The maximum Gasteiger partial charge on any atom is 0.253 e. The highest BCUT2D eigenvalue weighted by atomic mass is 19.1. The molecule has 0 spiro atoms. The minimum Gasteiger partial charge on any atom is -0.494 e. The lowest BCUT2D eigenvalue weighted by Crippen LogP contribution is -2.27. The number of carbonyl (C=O) groups excluding carboxylic acids is 1. The maximum atomic E-state index is 13.9. The Morgan fingerprint density at radius 1 is 1.22 bits per heavy atom. The molecular weight excluding hydrogens is 345 g/mol. The average molecular weight is 367 g/mol. The van der Waals surface area contributed by atoms with E-state index in [4.69, 9.17) is 4.74 Å². The Balaban J connectivity index is 1.83. The van der Waals surface area contributed by atoms with E-state index in [1.54, 1.807) is 18.3 Å². The Morgan fingerprint density at radius 3 is 2.63 bits per heavy atom. The van der Waals surface area contributed by atoms with Crippen molar-refractivity contribution in [3.05, 3.63) is 77.0 Å². The largest absolute Gasteiger partial charge is 0.494 e. The molecule has 0 unspecified atom stereocenters. The van der Waals surface area contributed by atoms with E-state index in [1.807, 2.05) is 49.6 Å². The number of aromatic nitrogens is 2. The molecule has 0 saturated carbocycles. The van der Waals surface area contributed by atoms with Crippen LogP contribution in [-0.4, -0.2) is 22.6 Å². The standard InChI is InChI=1S/C21H22FN3O2/c1-13-11-17(15(3)25(13)20-7-5-6-10-23-20)21(26)24-14(2)16-8-9-19(27-4)18(22)12-16/h5-12,14H,1-4H3,(H,24,26)/t14-/m0/s1. The lowest BCUT2D eigenvalue weighted by atomic mass is 10.1. The number of nitrogens with zero attached hydrogens (tertiary/aromatic N) is 2. The zero-order valence-corrected chi connectivity index (χ0v) is 15.8. The first-order valence-electron chi connectivity index (χ1n) is 8.67. The van der Waals surface area contributed by atoms with Crippen molar-refractivity contribution < 1.29 is 13.9 Å². The number of pyridine rings is 1. The van der Waals surface area contributed by atoms with Crippen LogP contribution in [0.4, 0.5) is 4.39 Å². The van der Waals surface area contributed by atoms with Crippen molar-refractivity contribution in [1.82, 2.24) is 14.9 Å². The van der Waals surface area contributed by atoms with Gasteiger partial charge in [-0.2, -0.15) is 0 Å². The summed E-state index contributed by atoms with van der Waals surface area (Å²) in [5, 5.41) is 2.93. The van der Waals surface area contributed by atoms with Gasteiger partial charge in [-0.25, -0.2) is 9.37 Å². The highest BCUT2D eigenvalue weighted by Gasteiger charge is 2.19. The van der Waals surface area contributed by atoms with E-state index < -0.39 is 5.82 Å². The van der Waals surface area contributed by atoms with Gasteiger partial charge in [0.1, 0.15) is 5.82 Å². The zero-order chi connectivity index (χ0) is 19.6. The minimum absolute atomic E-state index is 0.177. The summed E-state index contributed by atoms with van der Waals surface area (Å²) in [6.45, 7) is 5.63. The van der Waals surface area contributed by atoms with Crippen molar-refractivity contribution in [3.63, 3.8) is 0 Å². The van der Waals surface area contributed by atoms with Crippen LogP contribution in [0.25, 0.3) is 5.82 Å². The molecule has 5 nitrogen and oxygen atoms in total. The quantitative estimate of drug-likeness (QED) is 0.738. The molecule has 140 valence electrons. The van der Waals surface area contributed by atoms with Gasteiger partial charge >= 0.3 is 0 Å². The van der Waals surface area contributed by atoms with Gasteiger partial charge in [0.25, 0.3) is 5.91 Å². The Hall–Kier alpha value is -3.15. The lowest BCUT2D eigenvalue weighted by molar-refractivity contribution is 0.0939. The first kappa shape index (κ1) is 18.6. The third-order valence-electron chi connectivity index (χ3n) is 4.58. The molecule has 3 aromatic rings.